The van der Waals surface area contributed by atoms with Gasteiger partial charge in [0.15, 0.2) is 0 Å². The summed E-state index contributed by atoms with van der Waals surface area (Å²) in [6, 6.07) is 3.58. The molecular weight excluding hydrogens is 252 g/mol. The first-order chi connectivity index (χ1) is 9.06. The fraction of sp³-hybridized carbons (Fsp3) is 0.455. The second kappa shape index (κ2) is 7.27. The molecule has 104 valence electrons. The van der Waals surface area contributed by atoms with Gasteiger partial charge in [0, 0.05) is 12.6 Å². The molecule has 0 unspecified atom stereocenters. The van der Waals surface area contributed by atoms with Crippen LogP contribution >= 0.6 is 0 Å². The van der Waals surface area contributed by atoms with Crippen LogP contribution in [0.1, 0.15) is 13.3 Å². The SMILES string of the molecule is CCNCCCNc1ccc([N+](=O)[O-])cc1[N+](=O)[O-]. The second-order valence-corrected chi connectivity index (χ2v) is 3.85. The molecule has 19 heavy (non-hydrogen) atoms. The first kappa shape index (κ1) is 14.8. The quantitative estimate of drug-likeness (QED) is 0.423. The summed E-state index contributed by atoms with van der Waals surface area (Å²) in [7, 11) is 0. The molecule has 0 aliphatic rings. The third kappa shape index (κ3) is 4.51. The number of non-ortho nitro benzene ring substituents is 1. The summed E-state index contributed by atoms with van der Waals surface area (Å²) < 4.78 is 0. The van der Waals surface area contributed by atoms with E-state index in [4.69, 9.17) is 0 Å². The van der Waals surface area contributed by atoms with Crippen molar-refractivity contribution < 1.29 is 9.85 Å². The van der Waals surface area contributed by atoms with Gasteiger partial charge in [-0.05, 0) is 25.6 Å². The van der Waals surface area contributed by atoms with Crippen LogP contribution in [-0.4, -0.2) is 29.5 Å². The van der Waals surface area contributed by atoms with Crippen LogP contribution in [0.25, 0.3) is 0 Å². The third-order valence-electron chi connectivity index (χ3n) is 2.48. The number of rotatable bonds is 8. The van der Waals surface area contributed by atoms with Gasteiger partial charge in [0.05, 0.1) is 15.9 Å². The van der Waals surface area contributed by atoms with E-state index in [1.165, 1.54) is 12.1 Å². The van der Waals surface area contributed by atoms with Crippen molar-refractivity contribution >= 4 is 17.1 Å². The van der Waals surface area contributed by atoms with Gasteiger partial charge in [0.25, 0.3) is 11.4 Å². The van der Waals surface area contributed by atoms with E-state index in [-0.39, 0.29) is 11.4 Å². The lowest BCUT2D eigenvalue weighted by Crippen LogP contribution is -2.17. The van der Waals surface area contributed by atoms with Gasteiger partial charge in [-0.2, -0.15) is 0 Å². The van der Waals surface area contributed by atoms with E-state index < -0.39 is 9.85 Å². The Balaban J connectivity index is 2.71. The van der Waals surface area contributed by atoms with Gasteiger partial charge in [0.1, 0.15) is 5.69 Å². The third-order valence-corrected chi connectivity index (χ3v) is 2.48. The van der Waals surface area contributed by atoms with Crippen LogP contribution < -0.4 is 10.6 Å². The molecule has 0 bridgehead atoms. The minimum Gasteiger partial charge on any atom is -0.379 e. The van der Waals surface area contributed by atoms with Gasteiger partial charge < -0.3 is 10.6 Å². The number of anilines is 1. The van der Waals surface area contributed by atoms with Crippen molar-refractivity contribution in [1.82, 2.24) is 5.32 Å². The van der Waals surface area contributed by atoms with Crippen molar-refractivity contribution in [2.24, 2.45) is 0 Å². The van der Waals surface area contributed by atoms with Gasteiger partial charge in [-0.15, -0.1) is 0 Å². The number of hydrogen-bond acceptors (Lipinski definition) is 6. The Morgan fingerprint density at radius 1 is 1.16 bits per heavy atom. The average Bonchev–Trinajstić information content (AvgIpc) is 2.38. The molecule has 0 aliphatic carbocycles. The molecule has 0 radical (unpaired) electrons. The van der Waals surface area contributed by atoms with Crippen molar-refractivity contribution in [3.63, 3.8) is 0 Å². The molecule has 1 aromatic carbocycles. The van der Waals surface area contributed by atoms with Crippen LogP contribution in [0.2, 0.25) is 0 Å². The summed E-state index contributed by atoms with van der Waals surface area (Å²) in [4.78, 5) is 20.2. The summed E-state index contributed by atoms with van der Waals surface area (Å²) in [5.74, 6) is 0. The highest BCUT2D eigenvalue weighted by atomic mass is 16.6. The highest BCUT2D eigenvalue weighted by Gasteiger charge is 2.18. The maximum absolute atomic E-state index is 10.9. The Morgan fingerprint density at radius 3 is 2.47 bits per heavy atom. The molecule has 0 aliphatic heterocycles. The Morgan fingerprint density at radius 2 is 1.89 bits per heavy atom. The molecule has 8 nitrogen and oxygen atoms in total. The molecule has 0 heterocycles. The average molecular weight is 268 g/mol. The zero-order chi connectivity index (χ0) is 14.3. The first-order valence-corrected chi connectivity index (χ1v) is 5.93. The Bertz CT molecular complexity index is 464. The molecule has 0 aromatic heterocycles. The summed E-state index contributed by atoms with van der Waals surface area (Å²) in [5.41, 5.74) is -0.269. The minimum absolute atomic E-state index is 0.280. The second-order valence-electron chi connectivity index (χ2n) is 3.85. The zero-order valence-corrected chi connectivity index (χ0v) is 10.6. The highest BCUT2D eigenvalue weighted by Crippen LogP contribution is 2.28. The maximum atomic E-state index is 10.9. The largest absolute Gasteiger partial charge is 0.379 e. The van der Waals surface area contributed by atoms with Crippen LogP contribution in [0.3, 0.4) is 0 Å². The lowest BCUT2D eigenvalue weighted by molar-refractivity contribution is -0.393. The van der Waals surface area contributed by atoms with Crippen LogP contribution in [0.5, 0.6) is 0 Å². The predicted molar refractivity (Wildman–Crippen MR) is 71.4 cm³/mol. The van der Waals surface area contributed by atoms with Gasteiger partial charge in [0.2, 0.25) is 0 Å². The smallest absolute Gasteiger partial charge is 0.299 e. The lowest BCUT2D eigenvalue weighted by Gasteiger charge is -2.07. The van der Waals surface area contributed by atoms with Crippen molar-refractivity contribution in [3.8, 4) is 0 Å². The van der Waals surface area contributed by atoms with Crippen LogP contribution in [-0.2, 0) is 0 Å². The molecule has 0 saturated heterocycles. The van der Waals surface area contributed by atoms with E-state index in [0.29, 0.717) is 12.2 Å². The molecule has 0 fully saturated rings. The van der Waals surface area contributed by atoms with E-state index in [1.54, 1.807) is 0 Å². The van der Waals surface area contributed by atoms with Gasteiger partial charge in [-0.3, -0.25) is 20.2 Å². The van der Waals surface area contributed by atoms with E-state index in [0.717, 1.165) is 25.6 Å². The fourth-order valence-corrected chi connectivity index (χ4v) is 1.55. The molecule has 0 spiro atoms. The molecule has 0 saturated carbocycles. The standard InChI is InChI=1S/C11H16N4O4/c1-2-12-6-3-7-13-10-5-4-9(14(16)17)8-11(10)15(18)19/h4-5,8,12-13H,2-3,6-7H2,1H3. The van der Waals surface area contributed by atoms with Crippen molar-refractivity contribution in [2.45, 2.75) is 13.3 Å². The van der Waals surface area contributed by atoms with E-state index in [9.17, 15) is 20.2 Å². The number of nitrogens with one attached hydrogen (secondary N) is 2. The Hall–Kier alpha value is -2.22. The molecule has 2 N–H and O–H groups in total. The minimum atomic E-state index is -0.651. The zero-order valence-electron chi connectivity index (χ0n) is 10.6. The molecule has 0 amide bonds. The summed E-state index contributed by atoms with van der Waals surface area (Å²) >= 11 is 0. The maximum Gasteiger partial charge on any atom is 0.299 e. The number of benzene rings is 1. The normalized spacial score (nSPS) is 10.2. The topological polar surface area (TPSA) is 110 Å². The van der Waals surface area contributed by atoms with Crippen LogP contribution in [0.15, 0.2) is 18.2 Å². The summed E-state index contributed by atoms with van der Waals surface area (Å²) in [6.45, 7) is 4.24. The van der Waals surface area contributed by atoms with Gasteiger partial charge in [-0.25, -0.2) is 0 Å². The van der Waals surface area contributed by atoms with Crippen LogP contribution in [0, 0.1) is 20.2 Å². The van der Waals surface area contributed by atoms with E-state index in [1.807, 2.05) is 6.92 Å². The van der Waals surface area contributed by atoms with Gasteiger partial charge >= 0.3 is 0 Å². The molecular formula is C11H16N4O4. The summed E-state index contributed by atoms with van der Waals surface area (Å²) in [5, 5.41) is 27.5. The van der Waals surface area contributed by atoms with Crippen molar-refractivity contribution in [1.29, 1.82) is 0 Å². The summed E-state index contributed by atoms with van der Waals surface area (Å²) in [6.07, 6.45) is 0.808. The van der Waals surface area contributed by atoms with Crippen molar-refractivity contribution in [3.05, 3.63) is 38.4 Å². The molecule has 0 atom stereocenters. The Labute approximate surface area is 110 Å². The number of hydrogen-bond donors (Lipinski definition) is 2. The lowest BCUT2D eigenvalue weighted by atomic mass is 10.2. The monoisotopic (exact) mass is 268 g/mol. The number of nitro benzene ring substituents is 2. The van der Waals surface area contributed by atoms with Crippen molar-refractivity contribution in [2.75, 3.05) is 25.0 Å². The predicted octanol–water partition coefficient (Wildman–Crippen LogP) is 1.91. The van der Waals surface area contributed by atoms with E-state index >= 15 is 0 Å². The molecule has 8 heteroatoms. The molecule has 1 rings (SSSR count). The Kier molecular flexibility index (Phi) is 5.68. The highest BCUT2D eigenvalue weighted by molar-refractivity contribution is 5.65. The van der Waals surface area contributed by atoms with E-state index in [2.05, 4.69) is 10.6 Å². The van der Waals surface area contributed by atoms with Crippen LogP contribution in [0.4, 0.5) is 17.1 Å². The first-order valence-electron chi connectivity index (χ1n) is 5.93. The van der Waals surface area contributed by atoms with Gasteiger partial charge in [-0.1, -0.05) is 6.92 Å². The number of nitro groups is 2. The fourth-order valence-electron chi connectivity index (χ4n) is 1.55. The molecule has 1 aromatic rings. The number of nitrogens with zero attached hydrogens (tertiary/aromatic N) is 2.